The molecule has 1 heterocycles. The Kier molecular flexibility index (Phi) is 3.59. The van der Waals surface area contributed by atoms with E-state index >= 15 is 0 Å². The lowest BCUT2D eigenvalue weighted by Gasteiger charge is -2.28. The second-order valence-corrected chi connectivity index (χ2v) is 5.04. The first-order valence-corrected chi connectivity index (χ1v) is 7.13. The maximum Gasteiger partial charge on any atom is 0.131 e. The van der Waals surface area contributed by atoms with Gasteiger partial charge in [-0.05, 0) is 30.2 Å². The van der Waals surface area contributed by atoms with Gasteiger partial charge >= 0.3 is 0 Å². The van der Waals surface area contributed by atoms with E-state index in [-0.39, 0.29) is 0 Å². The minimum Gasteiger partial charge on any atom is -0.379 e. The number of para-hydroxylation sites is 1. The molecule has 0 aliphatic rings. The zero-order chi connectivity index (χ0) is 14.7. The molecule has 2 aromatic carbocycles. The van der Waals surface area contributed by atoms with Gasteiger partial charge in [-0.2, -0.15) is 5.10 Å². The average molecular weight is 278 g/mol. The number of aliphatic hydroxyl groups is 1. The number of hydrogen-bond acceptors (Lipinski definition) is 2. The Bertz CT molecular complexity index is 706. The molecular weight excluding hydrogens is 260 g/mol. The highest BCUT2D eigenvalue weighted by atomic mass is 16.3. The van der Waals surface area contributed by atoms with Crippen LogP contribution in [0.2, 0.25) is 0 Å². The van der Waals surface area contributed by atoms with Crippen molar-refractivity contribution in [1.82, 2.24) is 9.78 Å². The fraction of sp³-hybridized carbons (Fsp3) is 0.167. The number of hydrogen-bond donors (Lipinski definition) is 1. The predicted molar refractivity (Wildman–Crippen MR) is 83.3 cm³/mol. The highest BCUT2D eigenvalue weighted by molar-refractivity contribution is 5.38. The van der Waals surface area contributed by atoms with Gasteiger partial charge in [-0.15, -0.1) is 0 Å². The summed E-state index contributed by atoms with van der Waals surface area (Å²) in [5, 5.41) is 15.6. The second-order valence-electron chi connectivity index (χ2n) is 5.04. The van der Waals surface area contributed by atoms with Gasteiger partial charge in [0.05, 0.1) is 11.4 Å². The van der Waals surface area contributed by atoms with E-state index in [0.717, 1.165) is 16.9 Å². The van der Waals surface area contributed by atoms with E-state index in [1.807, 2.05) is 73.7 Å². The highest BCUT2D eigenvalue weighted by Crippen LogP contribution is 2.33. The summed E-state index contributed by atoms with van der Waals surface area (Å²) in [4.78, 5) is 0. The van der Waals surface area contributed by atoms with Crippen LogP contribution in [0, 0.1) is 0 Å². The van der Waals surface area contributed by atoms with Gasteiger partial charge in [0.25, 0.3) is 0 Å². The Morgan fingerprint density at radius 1 is 0.952 bits per heavy atom. The van der Waals surface area contributed by atoms with Gasteiger partial charge in [0, 0.05) is 6.20 Å². The van der Waals surface area contributed by atoms with Crippen molar-refractivity contribution < 1.29 is 5.11 Å². The molecule has 0 aliphatic carbocycles. The molecule has 1 atom stereocenters. The summed E-state index contributed by atoms with van der Waals surface area (Å²) in [6.07, 6.45) is 2.31. The minimum absolute atomic E-state index is 0.579. The molecule has 106 valence electrons. The van der Waals surface area contributed by atoms with Gasteiger partial charge in [-0.3, -0.25) is 0 Å². The summed E-state index contributed by atoms with van der Waals surface area (Å²) in [6.45, 7) is 1.98. The molecule has 3 rings (SSSR count). The van der Waals surface area contributed by atoms with E-state index in [1.165, 1.54) is 0 Å². The third-order valence-electron chi connectivity index (χ3n) is 3.83. The standard InChI is InChI=1S/C18H18N2O/c1-2-18(21,15-9-5-3-6-10-15)17-13-14-19-20(17)16-11-7-4-8-12-16/h3-14,21H,2H2,1H3. The maximum atomic E-state index is 11.2. The van der Waals surface area contributed by atoms with Crippen LogP contribution in [0.25, 0.3) is 5.69 Å². The van der Waals surface area contributed by atoms with E-state index in [1.54, 1.807) is 10.9 Å². The molecule has 3 aromatic rings. The van der Waals surface area contributed by atoms with Crippen LogP contribution in [0.1, 0.15) is 24.6 Å². The molecule has 1 aromatic heterocycles. The Morgan fingerprint density at radius 2 is 1.57 bits per heavy atom. The monoisotopic (exact) mass is 278 g/mol. The topological polar surface area (TPSA) is 38.1 Å². The molecule has 0 radical (unpaired) electrons. The largest absolute Gasteiger partial charge is 0.379 e. The van der Waals surface area contributed by atoms with Crippen molar-refractivity contribution in [3.8, 4) is 5.69 Å². The summed E-state index contributed by atoms with van der Waals surface area (Å²) in [5.74, 6) is 0. The van der Waals surface area contributed by atoms with Gasteiger partial charge in [0.1, 0.15) is 5.60 Å². The third kappa shape index (κ3) is 2.36. The molecule has 3 heteroatoms. The summed E-state index contributed by atoms with van der Waals surface area (Å²) >= 11 is 0. The summed E-state index contributed by atoms with van der Waals surface area (Å²) < 4.78 is 1.80. The van der Waals surface area contributed by atoms with Crippen molar-refractivity contribution >= 4 is 0 Å². The van der Waals surface area contributed by atoms with Crippen LogP contribution >= 0.6 is 0 Å². The van der Waals surface area contributed by atoms with Gasteiger partial charge in [-0.25, -0.2) is 4.68 Å². The molecule has 0 bridgehead atoms. The molecule has 0 spiro atoms. The van der Waals surface area contributed by atoms with E-state index < -0.39 is 5.60 Å². The molecule has 0 amide bonds. The van der Waals surface area contributed by atoms with Crippen molar-refractivity contribution in [2.75, 3.05) is 0 Å². The van der Waals surface area contributed by atoms with Gasteiger partial charge in [0.15, 0.2) is 0 Å². The lowest BCUT2D eigenvalue weighted by Crippen LogP contribution is -2.29. The summed E-state index contributed by atoms with van der Waals surface area (Å²) in [6, 6.07) is 21.5. The van der Waals surface area contributed by atoms with Crippen molar-refractivity contribution in [3.05, 3.63) is 84.2 Å². The van der Waals surface area contributed by atoms with E-state index in [4.69, 9.17) is 0 Å². The van der Waals surface area contributed by atoms with Crippen LogP contribution in [0.5, 0.6) is 0 Å². The minimum atomic E-state index is -1.05. The molecule has 1 N–H and O–H groups in total. The fourth-order valence-corrected chi connectivity index (χ4v) is 2.64. The van der Waals surface area contributed by atoms with Crippen molar-refractivity contribution in [2.45, 2.75) is 18.9 Å². The molecular formula is C18H18N2O. The highest BCUT2D eigenvalue weighted by Gasteiger charge is 2.33. The summed E-state index contributed by atoms with van der Waals surface area (Å²) in [5.41, 5.74) is 1.56. The zero-order valence-electron chi connectivity index (χ0n) is 12.0. The Labute approximate surface area is 124 Å². The average Bonchev–Trinajstić information content (AvgIpc) is 3.06. The molecule has 3 nitrogen and oxygen atoms in total. The number of rotatable bonds is 4. The van der Waals surface area contributed by atoms with Crippen LogP contribution in [-0.4, -0.2) is 14.9 Å². The lowest BCUT2D eigenvalue weighted by atomic mass is 9.88. The first-order chi connectivity index (χ1) is 10.3. The first kappa shape index (κ1) is 13.6. The van der Waals surface area contributed by atoms with E-state index in [2.05, 4.69) is 5.10 Å². The van der Waals surface area contributed by atoms with Crippen LogP contribution in [-0.2, 0) is 5.60 Å². The van der Waals surface area contributed by atoms with E-state index in [0.29, 0.717) is 6.42 Å². The number of benzene rings is 2. The Hall–Kier alpha value is -2.39. The molecule has 1 unspecified atom stereocenters. The smallest absolute Gasteiger partial charge is 0.131 e. The SMILES string of the molecule is CCC(O)(c1ccccc1)c1ccnn1-c1ccccc1. The Morgan fingerprint density at radius 3 is 2.19 bits per heavy atom. The van der Waals surface area contributed by atoms with Gasteiger partial charge < -0.3 is 5.11 Å². The van der Waals surface area contributed by atoms with Gasteiger partial charge in [-0.1, -0.05) is 55.5 Å². The lowest BCUT2D eigenvalue weighted by molar-refractivity contribution is 0.0693. The van der Waals surface area contributed by atoms with Crippen molar-refractivity contribution in [3.63, 3.8) is 0 Å². The molecule has 0 saturated carbocycles. The fourth-order valence-electron chi connectivity index (χ4n) is 2.64. The van der Waals surface area contributed by atoms with Crippen molar-refractivity contribution in [2.24, 2.45) is 0 Å². The quantitative estimate of drug-likeness (QED) is 0.793. The molecule has 0 aliphatic heterocycles. The van der Waals surface area contributed by atoms with Crippen molar-refractivity contribution in [1.29, 1.82) is 0 Å². The van der Waals surface area contributed by atoms with E-state index in [9.17, 15) is 5.11 Å². The number of nitrogens with zero attached hydrogens (tertiary/aromatic N) is 2. The first-order valence-electron chi connectivity index (χ1n) is 7.13. The molecule has 0 saturated heterocycles. The Balaban J connectivity index is 2.14. The van der Waals surface area contributed by atoms with Crippen LogP contribution < -0.4 is 0 Å². The van der Waals surface area contributed by atoms with Gasteiger partial charge in [0.2, 0.25) is 0 Å². The predicted octanol–water partition coefficient (Wildman–Crippen LogP) is 3.52. The van der Waals surface area contributed by atoms with Crippen LogP contribution in [0.15, 0.2) is 72.9 Å². The zero-order valence-corrected chi connectivity index (χ0v) is 12.0. The normalized spacial score (nSPS) is 13.8. The third-order valence-corrected chi connectivity index (χ3v) is 3.83. The molecule has 21 heavy (non-hydrogen) atoms. The number of aromatic nitrogens is 2. The van der Waals surface area contributed by atoms with Crippen LogP contribution in [0.4, 0.5) is 0 Å². The van der Waals surface area contributed by atoms with Crippen LogP contribution in [0.3, 0.4) is 0 Å². The maximum absolute atomic E-state index is 11.2. The summed E-state index contributed by atoms with van der Waals surface area (Å²) in [7, 11) is 0. The second kappa shape index (κ2) is 5.54. The molecule has 0 fully saturated rings.